The summed E-state index contributed by atoms with van der Waals surface area (Å²) in [5.41, 5.74) is 6.66. The van der Waals surface area contributed by atoms with Crippen LogP contribution in [-0.2, 0) is 10.0 Å². The van der Waals surface area contributed by atoms with Gasteiger partial charge in [-0.15, -0.1) is 0 Å². The molecular formula is C12H20N2O2S. The summed E-state index contributed by atoms with van der Waals surface area (Å²) in [6.07, 6.45) is 0. The number of hydrogen-bond donors (Lipinski definition) is 1. The molecule has 0 bridgehead atoms. The van der Waals surface area contributed by atoms with Gasteiger partial charge in [0.1, 0.15) is 0 Å². The summed E-state index contributed by atoms with van der Waals surface area (Å²) < 4.78 is 25.8. The molecule has 17 heavy (non-hydrogen) atoms. The third-order valence-corrected chi connectivity index (χ3v) is 4.81. The van der Waals surface area contributed by atoms with Crippen molar-refractivity contribution in [3.05, 3.63) is 29.8 Å². The van der Waals surface area contributed by atoms with Gasteiger partial charge in [-0.2, -0.15) is 4.31 Å². The van der Waals surface area contributed by atoms with Gasteiger partial charge in [0.05, 0.1) is 4.90 Å². The third kappa shape index (κ3) is 3.06. The van der Waals surface area contributed by atoms with Crippen molar-refractivity contribution in [3.8, 4) is 0 Å². The van der Waals surface area contributed by atoms with Crippen LogP contribution in [0, 0.1) is 0 Å². The van der Waals surface area contributed by atoms with E-state index >= 15 is 0 Å². The summed E-state index contributed by atoms with van der Waals surface area (Å²) in [4.78, 5) is 0.325. The van der Waals surface area contributed by atoms with E-state index in [4.69, 9.17) is 5.73 Å². The highest BCUT2D eigenvalue weighted by molar-refractivity contribution is 7.89. The van der Waals surface area contributed by atoms with Crippen molar-refractivity contribution in [1.82, 2.24) is 4.31 Å². The van der Waals surface area contributed by atoms with Gasteiger partial charge in [0.15, 0.2) is 0 Å². The number of nitrogens with two attached hydrogens (primary N) is 1. The van der Waals surface area contributed by atoms with Gasteiger partial charge in [-0.1, -0.05) is 26.0 Å². The zero-order valence-electron chi connectivity index (χ0n) is 10.6. The molecule has 0 aliphatic rings. The predicted molar refractivity (Wildman–Crippen MR) is 69.2 cm³/mol. The highest BCUT2D eigenvalue weighted by Crippen LogP contribution is 2.18. The van der Waals surface area contributed by atoms with E-state index in [1.54, 1.807) is 24.3 Å². The van der Waals surface area contributed by atoms with Gasteiger partial charge in [-0.3, -0.25) is 0 Å². The van der Waals surface area contributed by atoms with Gasteiger partial charge in [0.25, 0.3) is 0 Å². The van der Waals surface area contributed by atoms with Crippen LogP contribution in [0.1, 0.15) is 32.4 Å². The first-order valence-corrected chi connectivity index (χ1v) is 7.23. The van der Waals surface area contributed by atoms with Crippen LogP contribution in [0.4, 0.5) is 0 Å². The lowest BCUT2D eigenvalue weighted by Crippen LogP contribution is -2.30. The van der Waals surface area contributed by atoms with Gasteiger partial charge in [-0.05, 0) is 24.6 Å². The Balaban J connectivity index is 3.08. The van der Waals surface area contributed by atoms with Crippen molar-refractivity contribution in [3.63, 3.8) is 0 Å². The van der Waals surface area contributed by atoms with E-state index in [9.17, 15) is 8.42 Å². The smallest absolute Gasteiger partial charge is 0.243 e. The van der Waals surface area contributed by atoms with E-state index in [1.165, 1.54) is 4.31 Å². The molecule has 0 radical (unpaired) electrons. The summed E-state index contributed by atoms with van der Waals surface area (Å²) in [7, 11) is -3.35. The lowest BCUT2D eigenvalue weighted by atomic mass is 10.1. The summed E-state index contributed by atoms with van der Waals surface area (Å²) in [6.45, 7) is 6.49. The second kappa shape index (κ2) is 5.62. The number of benzene rings is 1. The van der Waals surface area contributed by atoms with Crippen LogP contribution < -0.4 is 5.73 Å². The number of rotatable bonds is 5. The Hall–Kier alpha value is -0.910. The number of sulfonamides is 1. The molecule has 0 amide bonds. The lowest BCUT2D eigenvalue weighted by Gasteiger charge is -2.18. The first-order valence-electron chi connectivity index (χ1n) is 5.79. The van der Waals surface area contributed by atoms with E-state index in [-0.39, 0.29) is 6.04 Å². The standard InChI is InChI=1S/C12H20N2O2S/c1-4-14(5-2)17(15,16)12-8-6-11(7-9-12)10(3)13/h6-10H,4-5,13H2,1-3H3. The minimum atomic E-state index is -3.35. The molecule has 1 aromatic rings. The summed E-state index contributed by atoms with van der Waals surface area (Å²) in [6, 6.07) is 6.68. The molecule has 2 N–H and O–H groups in total. The fourth-order valence-electron chi connectivity index (χ4n) is 1.66. The first-order chi connectivity index (χ1) is 7.93. The van der Waals surface area contributed by atoms with Crippen LogP contribution in [-0.4, -0.2) is 25.8 Å². The summed E-state index contributed by atoms with van der Waals surface area (Å²) in [5.74, 6) is 0. The van der Waals surface area contributed by atoms with Gasteiger partial charge < -0.3 is 5.73 Å². The zero-order chi connectivity index (χ0) is 13.1. The molecule has 0 saturated carbocycles. The highest BCUT2D eigenvalue weighted by Gasteiger charge is 2.21. The Morgan fingerprint density at radius 1 is 1.18 bits per heavy atom. The molecule has 0 aliphatic carbocycles. The fraction of sp³-hybridized carbons (Fsp3) is 0.500. The van der Waals surface area contributed by atoms with Crippen molar-refractivity contribution in [2.45, 2.75) is 31.7 Å². The molecule has 0 fully saturated rings. The van der Waals surface area contributed by atoms with Crippen molar-refractivity contribution >= 4 is 10.0 Å². The molecule has 4 nitrogen and oxygen atoms in total. The topological polar surface area (TPSA) is 63.4 Å². The Morgan fingerprint density at radius 2 is 1.65 bits per heavy atom. The van der Waals surface area contributed by atoms with Gasteiger partial charge in [-0.25, -0.2) is 8.42 Å². The molecule has 1 atom stereocenters. The number of hydrogen-bond acceptors (Lipinski definition) is 3. The van der Waals surface area contributed by atoms with Gasteiger partial charge in [0, 0.05) is 19.1 Å². The van der Waals surface area contributed by atoms with E-state index in [0.29, 0.717) is 18.0 Å². The average molecular weight is 256 g/mol. The fourth-order valence-corrected chi connectivity index (χ4v) is 3.11. The average Bonchev–Trinajstić information content (AvgIpc) is 2.30. The summed E-state index contributed by atoms with van der Waals surface area (Å²) >= 11 is 0. The second-order valence-electron chi connectivity index (χ2n) is 3.95. The molecule has 96 valence electrons. The maximum Gasteiger partial charge on any atom is 0.243 e. The van der Waals surface area contributed by atoms with Gasteiger partial charge >= 0.3 is 0 Å². The van der Waals surface area contributed by atoms with Crippen molar-refractivity contribution in [1.29, 1.82) is 0 Å². The third-order valence-electron chi connectivity index (χ3n) is 2.75. The molecule has 0 aliphatic heterocycles. The SMILES string of the molecule is CCN(CC)S(=O)(=O)c1ccc(C(C)N)cc1. The molecule has 1 aromatic carbocycles. The van der Waals surface area contributed by atoms with E-state index in [2.05, 4.69) is 0 Å². The van der Waals surface area contributed by atoms with Gasteiger partial charge in [0.2, 0.25) is 10.0 Å². The lowest BCUT2D eigenvalue weighted by molar-refractivity contribution is 0.445. The van der Waals surface area contributed by atoms with Crippen molar-refractivity contribution in [2.75, 3.05) is 13.1 Å². The first kappa shape index (κ1) is 14.2. The van der Waals surface area contributed by atoms with Crippen LogP contribution in [0.25, 0.3) is 0 Å². The van der Waals surface area contributed by atoms with Crippen LogP contribution in [0.5, 0.6) is 0 Å². The molecule has 0 saturated heterocycles. The zero-order valence-corrected chi connectivity index (χ0v) is 11.4. The Morgan fingerprint density at radius 3 is 2.00 bits per heavy atom. The second-order valence-corrected chi connectivity index (χ2v) is 5.88. The minimum Gasteiger partial charge on any atom is -0.324 e. The van der Waals surface area contributed by atoms with Crippen LogP contribution >= 0.6 is 0 Å². The minimum absolute atomic E-state index is 0.0831. The van der Waals surface area contributed by atoms with Crippen LogP contribution in [0.3, 0.4) is 0 Å². The monoisotopic (exact) mass is 256 g/mol. The predicted octanol–water partition coefficient (Wildman–Crippen LogP) is 1.74. The Bertz CT molecular complexity index is 448. The number of nitrogens with zero attached hydrogens (tertiary/aromatic N) is 1. The maximum absolute atomic E-state index is 12.2. The molecule has 0 spiro atoms. The largest absolute Gasteiger partial charge is 0.324 e. The van der Waals surface area contributed by atoms with E-state index in [0.717, 1.165) is 5.56 Å². The molecule has 1 rings (SSSR count). The molecule has 5 heteroatoms. The molecule has 0 aromatic heterocycles. The van der Waals surface area contributed by atoms with E-state index < -0.39 is 10.0 Å². The Labute approximate surface area is 103 Å². The quantitative estimate of drug-likeness (QED) is 0.872. The summed E-state index contributed by atoms with van der Waals surface area (Å²) in [5, 5.41) is 0. The van der Waals surface area contributed by atoms with Crippen LogP contribution in [0.15, 0.2) is 29.2 Å². The molecule has 0 heterocycles. The normalized spacial score (nSPS) is 13.9. The molecular weight excluding hydrogens is 236 g/mol. The highest BCUT2D eigenvalue weighted by atomic mass is 32.2. The van der Waals surface area contributed by atoms with Crippen LogP contribution in [0.2, 0.25) is 0 Å². The van der Waals surface area contributed by atoms with E-state index in [1.807, 2.05) is 20.8 Å². The Kier molecular flexibility index (Phi) is 4.68. The van der Waals surface area contributed by atoms with Crippen molar-refractivity contribution in [2.24, 2.45) is 5.73 Å². The van der Waals surface area contributed by atoms with Crippen molar-refractivity contribution < 1.29 is 8.42 Å². The molecule has 1 unspecified atom stereocenters. The maximum atomic E-state index is 12.2.